The van der Waals surface area contributed by atoms with E-state index < -0.39 is 0 Å². The molecule has 2 aromatic rings. The molecule has 1 aromatic carbocycles. The van der Waals surface area contributed by atoms with Gasteiger partial charge in [0.2, 0.25) is 11.8 Å². The summed E-state index contributed by atoms with van der Waals surface area (Å²) in [5, 5.41) is 0. The molecule has 5 rings (SSSR count). The van der Waals surface area contributed by atoms with Gasteiger partial charge in [-0.3, -0.25) is 14.6 Å². The fourth-order valence-electron chi connectivity index (χ4n) is 4.63. The van der Waals surface area contributed by atoms with Crippen molar-refractivity contribution in [3.8, 4) is 5.75 Å². The number of carbonyl (C=O) groups excluding carboxylic acids is 2. The second-order valence-corrected chi connectivity index (χ2v) is 8.26. The number of hydrogen-bond acceptors (Lipinski definition) is 4. The van der Waals surface area contributed by atoms with Crippen LogP contribution < -0.4 is 4.74 Å². The van der Waals surface area contributed by atoms with Gasteiger partial charge in [-0.25, -0.2) is 0 Å². The molecule has 0 radical (unpaired) electrons. The Balaban J connectivity index is 1.19. The fraction of sp³-hybridized carbons (Fsp3) is 0.409. The number of hydrogen-bond donors (Lipinski definition) is 0. The number of carbonyl (C=O) groups is 2. The zero-order valence-electron chi connectivity index (χ0n) is 15.7. The van der Waals surface area contributed by atoms with Crippen molar-refractivity contribution in [2.75, 3.05) is 26.2 Å². The maximum atomic E-state index is 12.9. The Bertz CT molecular complexity index is 908. The number of likely N-dealkylation sites (tertiary alicyclic amines) is 2. The molecule has 6 heteroatoms. The number of rotatable bonds is 3. The lowest BCUT2D eigenvalue weighted by molar-refractivity contribution is -0.150. The van der Waals surface area contributed by atoms with E-state index in [1.165, 1.54) is 5.56 Å². The van der Waals surface area contributed by atoms with E-state index in [1.807, 2.05) is 41.3 Å². The lowest BCUT2D eigenvalue weighted by atomic mass is 9.73. The monoisotopic (exact) mass is 377 g/mol. The van der Waals surface area contributed by atoms with Crippen LogP contribution in [0, 0.1) is 11.3 Å². The van der Waals surface area contributed by atoms with E-state index in [2.05, 4.69) is 11.1 Å². The molecule has 3 aliphatic heterocycles. The second kappa shape index (κ2) is 6.62. The molecular formula is C22H23N3O3. The van der Waals surface area contributed by atoms with Gasteiger partial charge in [0.05, 0.1) is 24.8 Å². The van der Waals surface area contributed by atoms with E-state index in [1.54, 1.807) is 11.1 Å². The molecule has 1 aromatic heterocycles. The van der Waals surface area contributed by atoms with Crippen molar-refractivity contribution < 1.29 is 14.3 Å². The molecule has 3 aliphatic rings. The smallest absolute Gasteiger partial charge is 0.228 e. The first-order valence-corrected chi connectivity index (χ1v) is 9.79. The van der Waals surface area contributed by atoms with Crippen LogP contribution >= 0.6 is 0 Å². The van der Waals surface area contributed by atoms with Crippen LogP contribution in [0.25, 0.3) is 0 Å². The predicted octanol–water partition coefficient (Wildman–Crippen LogP) is 1.89. The molecule has 0 bridgehead atoms. The zero-order valence-corrected chi connectivity index (χ0v) is 15.7. The first-order chi connectivity index (χ1) is 13.6. The molecular weight excluding hydrogens is 354 g/mol. The molecule has 2 saturated heterocycles. The van der Waals surface area contributed by atoms with E-state index in [-0.39, 0.29) is 23.1 Å². The molecule has 4 heterocycles. The molecule has 0 saturated carbocycles. The van der Waals surface area contributed by atoms with Gasteiger partial charge < -0.3 is 14.5 Å². The average molecular weight is 377 g/mol. The molecule has 2 fully saturated rings. The van der Waals surface area contributed by atoms with Crippen molar-refractivity contribution in [3.05, 3.63) is 59.9 Å². The number of ether oxygens (including phenoxy) is 1. The molecule has 0 aliphatic carbocycles. The number of amides is 2. The third-order valence-corrected chi connectivity index (χ3v) is 6.08. The molecule has 2 amide bonds. The lowest BCUT2D eigenvalue weighted by Crippen LogP contribution is -2.63. The normalized spacial score (nSPS) is 22.6. The standard InChI is InChI=1S/C22H23N3O3/c26-20-9-17(11-24(20)12-18-6-3-4-8-23-18)21(27)25-13-22(14-25)10-16-5-1-2-7-19(16)28-15-22/h1-8,17H,9-15H2. The van der Waals surface area contributed by atoms with Crippen molar-refractivity contribution in [1.82, 2.24) is 14.8 Å². The minimum atomic E-state index is -0.245. The average Bonchev–Trinajstić information content (AvgIpc) is 3.06. The van der Waals surface area contributed by atoms with E-state index in [9.17, 15) is 9.59 Å². The van der Waals surface area contributed by atoms with E-state index in [4.69, 9.17) is 4.74 Å². The van der Waals surface area contributed by atoms with Crippen LogP contribution in [-0.2, 0) is 22.6 Å². The number of para-hydroxylation sites is 1. The zero-order chi connectivity index (χ0) is 19.1. The lowest BCUT2D eigenvalue weighted by Gasteiger charge is -2.52. The van der Waals surface area contributed by atoms with Crippen LogP contribution in [0.4, 0.5) is 0 Å². The highest BCUT2D eigenvalue weighted by Gasteiger charge is 2.50. The fourth-order valence-corrected chi connectivity index (χ4v) is 4.63. The van der Waals surface area contributed by atoms with Crippen LogP contribution in [0.3, 0.4) is 0 Å². The van der Waals surface area contributed by atoms with Crippen LogP contribution in [0.5, 0.6) is 5.75 Å². The summed E-state index contributed by atoms with van der Waals surface area (Å²) in [5.41, 5.74) is 2.10. The Kier molecular flexibility index (Phi) is 4.07. The summed E-state index contributed by atoms with van der Waals surface area (Å²) in [6.45, 7) is 3.04. The second-order valence-electron chi connectivity index (χ2n) is 8.26. The SMILES string of the molecule is O=C1CC(C(=O)N2CC3(COc4ccccc4C3)C2)CN1Cc1ccccn1. The Morgan fingerprint density at radius 1 is 1.18 bits per heavy atom. The predicted molar refractivity (Wildman–Crippen MR) is 102 cm³/mol. The molecule has 1 unspecified atom stereocenters. The van der Waals surface area contributed by atoms with Crippen molar-refractivity contribution in [3.63, 3.8) is 0 Å². The van der Waals surface area contributed by atoms with Gasteiger partial charge in [-0.05, 0) is 30.2 Å². The largest absolute Gasteiger partial charge is 0.493 e. The Morgan fingerprint density at radius 2 is 2.00 bits per heavy atom. The summed E-state index contributed by atoms with van der Waals surface area (Å²) in [6, 6.07) is 13.8. The van der Waals surface area contributed by atoms with Crippen molar-refractivity contribution >= 4 is 11.8 Å². The summed E-state index contributed by atoms with van der Waals surface area (Å²) in [7, 11) is 0. The molecule has 1 atom stereocenters. The van der Waals surface area contributed by atoms with E-state index in [0.29, 0.717) is 39.2 Å². The molecule has 1 spiro atoms. The quantitative estimate of drug-likeness (QED) is 0.820. The number of benzene rings is 1. The van der Waals surface area contributed by atoms with Crippen LogP contribution in [0.15, 0.2) is 48.7 Å². The first-order valence-electron chi connectivity index (χ1n) is 9.79. The highest BCUT2D eigenvalue weighted by atomic mass is 16.5. The Labute approximate surface area is 164 Å². The number of nitrogens with zero attached hydrogens (tertiary/aromatic N) is 3. The third-order valence-electron chi connectivity index (χ3n) is 6.08. The minimum Gasteiger partial charge on any atom is -0.493 e. The summed E-state index contributed by atoms with van der Waals surface area (Å²) in [5.74, 6) is 0.852. The summed E-state index contributed by atoms with van der Waals surface area (Å²) in [4.78, 5) is 33.2. The first kappa shape index (κ1) is 17.2. The maximum Gasteiger partial charge on any atom is 0.228 e. The highest BCUT2D eigenvalue weighted by Crippen LogP contribution is 2.41. The van der Waals surface area contributed by atoms with Gasteiger partial charge in [-0.2, -0.15) is 0 Å². The number of aromatic nitrogens is 1. The van der Waals surface area contributed by atoms with Crippen molar-refractivity contribution in [1.29, 1.82) is 0 Å². The highest BCUT2D eigenvalue weighted by molar-refractivity contribution is 5.89. The van der Waals surface area contributed by atoms with E-state index >= 15 is 0 Å². The van der Waals surface area contributed by atoms with Crippen molar-refractivity contribution in [2.45, 2.75) is 19.4 Å². The summed E-state index contributed by atoms with van der Waals surface area (Å²) in [6.07, 6.45) is 2.97. The van der Waals surface area contributed by atoms with Crippen molar-refractivity contribution in [2.24, 2.45) is 11.3 Å². The Morgan fingerprint density at radius 3 is 2.82 bits per heavy atom. The molecule has 0 N–H and O–H groups in total. The Hall–Kier alpha value is -2.89. The van der Waals surface area contributed by atoms with Gasteiger partial charge in [0.25, 0.3) is 0 Å². The number of pyridine rings is 1. The summed E-state index contributed by atoms with van der Waals surface area (Å²) < 4.78 is 5.93. The molecule has 28 heavy (non-hydrogen) atoms. The van der Waals surface area contributed by atoms with Gasteiger partial charge in [-0.15, -0.1) is 0 Å². The molecule has 6 nitrogen and oxygen atoms in total. The minimum absolute atomic E-state index is 0.0280. The van der Waals surface area contributed by atoms with Gasteiger partial charge in [0, 0.05) is 37.7 Å². The van der Waals surface area contributed by atoms with Gasteiger partial charge in [-0.1, -0.05) is 24.3 Å². The van der Waals surface area contributed by atoms with Gasteiger partial charge in [0.15, 0.2) is 0 Å². The third kappa shape index (κ3) is 3.03. The van der Waals surface area contributed by atoms with Crippen LogP contribution in [0.1, 0.15) is 17.7 Å². The number of fused-ring (bicyclic) bond motifs is 1. The van der Waals surface area contributed by atoms with Gasteiger partial charge >= 0.3 is 0 Å². The topological polar surface area (TPSA) is 62.7 Å². The molecule has 144 valence electrons. The van der Waals surface area contributed by atoms with E-state index in [0.717, 1.165) is 17.9 Å². The maximum absolute atomic E-state index is 12.9. The summed E-state index contributed by atoms with van der Waals surface area (Å²) >= 11 is 0. The van der Waals surface area contributed by atoms with Crippen LogP contribution in [-0.4, -0.2) is 52.8 Å². The van der Waals surface area contributed by atoms with Crippen LogP contribution in [0.2, 0.25) is 0 Å². The van der Waals surface area contributed by atoms with Gasteiger partial charge in [0.1, 0.15) is 5.75 Å².